The maximum atomic E-state index is 11.6. The summed E-state index contributed by atoms with van der Waals surface area (Å²) in [6.45, 7) is 1.47. The minimum absolute atomic E-state index is 0.00337. The highest BCUT2D eigenvalue weighted by Crippen LogP contribution is 2.28. The van der Waals surface area contributed by atoms with Gasteiger partial charge in [-0.2, -0.15) is 4.98 Å². The Bertz CT molecular complexity index is 504. The van der Waals surface area contributed by atoms with Gasteiger partial charge in [-0.05, 0) is 24.4 Å². The molecule has 0 amide bonds. The topological polar surface area (TPSA) is 90.6 Å². The van der Waals surface area contributed by atoms with Crippen LogP contribution in [0.1, 0.15) is 23.3 Å². The summed E-state index contributed by atoms with van der Waals surface area (Å²) in [5.41, 5.74) is 6.16. The lowest BCUT2D eigenvalue weighted by atomic mass is 10.1. The van der Waals surface area contributed by atoms with Crippen molar-refractivity contribution >= 4 is 29.1 Å². The summed E-state index contributed by atoms with van der Waals surface area (Å²) < 4.78 is 9.96. The first kappa shape index (κ1) is 14.8. The summed E-state index contributed by atoms with van der Waals surface area (Å²) in [4.78, 5) is 21.6. The minimum Gasteiger partial charge on any atom is -0.464 e. The van der Waals surface area contributed by atoms with Crippen LogP contribution in [-0.4, -0.2) is 49.4 Å². The molecule has 7 nitrogen and oxygen atoms in total. The largest absolute Gasteiger partial charge is 0.464 e. The van der Waals surface area contributed by atoms with Crippen molar-refractivity contribution in [3.05, 3.63) is 11.0 Å². The summed E-state index contributed by atoms with van der Waals surface area (Å²) in [5, 5.41) is -0.0246. The Balaban J connectivity index is 2.28. The number of carbonyl (C=O) groups excluding carboxylic acids is 1. The van der Waals surface area contributed by atoms with Crippen molar-refractivity contribution in [1.82, 2.24) is 9.97 Å². The van der Waals surface area contributed by atoms with Gasteiger partial charge in [-0.1, -0.05) is 0 Å². The number of esters is 1. The molecule has 1 aromatic rings. The van der Waals surface area contributed by atoms with E-state index in [-0.39, 0.29) is 22.8 Å². The quantitative estimate of drug-likeness (QED) is 0.660. The van der Waals surface area contributed by atoms with Crippen LogP contribution in [0.5, 0.6) is 0 Å². The number of piperidine rings is 1. The van der Waals surface area contributed by atoms with Crippen molar-refractivity contribution in [2.45, 2.75) is 18.9 Å². The predicted molar refractivity (Wildman–Crippen MR) is 75.0 cm³/mol. The second-order valence-corrected chi connectivity index (χ2v) is 4.83. The standard InChI is InChI=1S/C12H17ClN4O3/c1-19-7-3-5-17(6-4-7)10-8(14)9(11(18)20-2)15-12(13)16-10/h7H,3-6,14H2,1-2H3. The summed E-state index contributed by atoms with van der Waals surface area (Å²) in [6, 6.07) is 0. The summed E-state index contributed by atoms with van der Waals surface area (Å²) in [6.07, 6.45) is 1.97. The summed E-state index contributed by atoms with van der Waals surface area (Å²) >= 11 is 5.86. The van der Waals surface area contributed by atoms with E-state index in [9.17, 15) is 4.79 Å². The summed E-state index contributed by atoms with van der Waals surface area (Å²) in [7, 11) is 2.97. The van der Waals surface area contributed by atoms with Crippen LogP contribution >= 0.6 is 11.6 Å². The number of nitrogen functional groups attached to an aromatic ring is 1. The molecule has 0 aromatic carbocycles. The molecule has 2 rings (SSSR count). The van der Waals surface area contributed by atoms with Gasteiger partial charge < -0.3 is 20.1 Å². The lowest BCUT2D eigenvalue weighted by Crippen LogP contribution is -2.37. The number of rotatable bonds is 3. The van der Waals surface area contributed by atoms with Crippen LogP contribution in [0, 0.1) is 0 Å². The zero-order chi connectivity index (χ0) is 14.7. The molecule has 0 radical (unpaired) electrons. The van der Waals surface area contributed by atoms with Crippen molar-refractivity contribution in [1.29, 1.82) is 0 Å². The fourth-order valence-electron chi connectivity index (χ4n) is 2.23. The third kappa shape index (κ3) is 2.94. The number of aromatic nitrogens is 2. The van der Waals surface area contributed by atoms with Gasteiger partial charge in [0.2, 0.25) is 5.28 Å². The van der Waals surface area contributed by atoms with Crippen LogP contribution in [0.4, 0.5) is 11.5 Å². The normalized spacial score (nSPS) is 16.2. The van der Waals surface area contributed by atoms with Crippen LogP contribution in [0.3, 0.4) is 0 Å². The Hall–Kier alpha value is -1.60. The number of halogens is 1. The van der Waals surface area contributed by atoms with E-state index in [1.165, 1.54) is 7.11 Å². The third-order valence-corrected chi connectivity index (χ3v) is 3.52. The Morgan fingerprint density at radius 1 is 1.35 bits per heavy atom. The monoisotopic (exact) mass is 300 g/mol. The number of nitrogens with two attached hydrogens (primary N) is 1. The van der Waals surface area contributed by atoms with Gasteiger partial charge >= 0.3 is 5.97 Å². The van der Waals surface area contributed by atoms with Gasteiger partial charge in [0.05, 0.1) is 13.2 Å². The molecular weight excluding hydrogens is 284 g/mol. The zero-order valence-corrected chi connectivity index (χ0v) is 12.2. The Morgan fingerprint density at radius 3 is 2.55 bits per heavy atom. The molecule has 0 unspecified atom stereocenters. The highest BCUT2D eigenvalue weighted by molar-refractivity contribution is 6.28. The zero-order valence-electron chi connectivity index (χ0n) is 11.4. The molecule has 1 aliphatic rings. The molecule has 2 heterocycles. The van der Waals surface area contributed by atoms with Gasteiger partial charge in [0.1, 0.15) is 5.69 Å². The van der Waals surface area contributed by atoms with Crippen molar-refractivity contribution in [2.24, 2.45) is 0 Å². The van der Waals surface area contributed by atoms with Gasteiger partial charge in [-0.3, -0.25) is 0 Å². The maximum Gasteiger partial charge on any atom is 0.359 e. The number of nitrogens with zero attached hydrogens (tertiary/aromatic N) is 3. The van der Waals surface area contributed by atoms with Crippen LogP contribution < -0.4 is 10.6 Å². The third-order valence-electron chi connectivity index (χ3n) is 3.35. The average Bonchev–Trinajstić information content (AvgIpc) is 2.48. The van der Waals surface area contributed by atoms with Gasteiger partial charge in [-0.25, -0.2) is 9.78 Å². The fourth-order valence-corrected chi connectivity index (χ4v) is 2.39. The molecule has 0 aliphatic carbocycles. The lowest BCUT2D eigenvalue weighted by molar-refractivity contribution is 0.0595. The number of ether oxygens (including phenoxy) is 2. The van der Waals surface area contributed by atoms with E-state index < -0.39 is 5.97 Å². The molecule has 0 bridgehead atoms. The van der Waals surface area contributed by atoms with E-state index in [0.717, 1.165) is 25.9 Å². The maximum absolute atomic E-state index is 11.6. The van der Waals surface area contributed by atoms with Crippen LogP contribution in [0.2, 0.25) is 5.28 Å². The average molecular weight is 301 g/mol. The van der Waals surface area contributed by atoms with Gasteiger partial charge in [0.15, 0.2) is 11.5 Å². The fraction of sp³-hybridized carbons (Fsp3) is 0.583. The first-order chi connectivity index (χ1) is 9.56. The highest BCUT2D eigenvalue weighted by atomic mass is 35.5. The lowest BCUT2D eigenvalue weighted by Gasteiger charge is -2.32. The molecule has 110 valence electrons. The first-order valence-electron chi connectivity index (χ1n) is 6.26. The van der Waals surface area contributed by atoms with Crippen molar-refractivity contribution in [2.75, 3.05) is 37.9 Å². The molecular formula is C12H17ClN4O3. The molecule has 20 heavy (non-hydrogen) atoms. The Labute approximate surface area is 122 Å². The number of hydrogen-bond donors (Lipinski definition) is 1. The van der Waals surface area contributed by atoms with Crippen molar-refractivity contribution < 1.29 is 14.3 Å². The highest BCUT2D eigenvalue weighted by Gasteiger charge is 2.25. The smallest absolute Gasteiger partial charge is 0.359 e. The molecule has 0 spiro atoms. The number of hydrogen-bond acceptors (Lipinski definition) is 7. The van der Waals surface area contributed by atoms with Crippen LogP contribution in [0.25, 0.3) is 0 Å². The molecule has 1 aliphatic heterocycles. The summed E-state index contributed by atoms with van der Waals surface area (Å²) in [5.74, 6) is -0.153. The Kier molecular flexibility index (Phi) is 4.61. The second-order valence-electron chi connectivity index (χ2n) is 4.49. The first-order valence-corrected chi connectivity index (χ1v) is 6.63. The molecule has 1 fully saturated rings. The van der Waals surface area contributed by atoms with E-state index >= 15 is 0 Å². The van der Waals surface area contributed by atoms with Gasteiger partial charge in [0.25, 0.3) is 0 Å². The molecule has 8 heteroatoms. The molecule has 0 atom stereocenters. The number of anilines is 2. The van der Waals surface area contributed by atoms with E-state index in [1.807, 2.05) is 4.90 Å². The molecule has 2 N–H and O–H groups in total. The molecule has 0 saturated carbocycles. The second kappa shape index (κ2) is 6.23. The van der Waals surface area contributed by atoms with Gasteiger partial charge in [0, 0.05) is 20.2 Å². The number of methoxy groups -OCH3 is 2. The van der Waals surface area contributed by atoms with Crippen LogP contribution in [-0.2, 0) is 9.47 Å². The molecule has 1 saturated heterocycles. The van der Waals surface area contributed by atoms with Crippen molar-refractivity contribution in [3.63, 3.8) is 0 Å². The van der Waals surface area contributed by atoms with Crippen molar-refractivity contribution in [3.8, 4) is 0 Å². The van der Waals surface area contributed by atoms with E-state index in [2.05, 4.69) is 14.7 Å². The predicted octanol–water partition coefficient (Wildman–Crippen LogP) is 1.11. The van der Waals surface area contributed by atoms with Crippen LogP contribution in [0.15, 0.2) is 0 Å². The van der Waals surface area contributed by atoms with E-state index in [4.69, 9.17) is 22.1 Å². The Morgan fingerprint density at radius 2 is 2.00 bits per heavy atom. The van der Waals surface area contributed by atoms with E-state index in [0.29, 0.717) is 5.82 Å². The SMILES string of the molecule is COC(=O)c1nc(Cl)nc(N2CCC(OC)CC2)c1N. The number of carbonyl (C=O) groups is 1. The molecule has 1 aromatic heterocycles. The minimum atomic E-state index is -0.625. The van der Waals surface area contributed by atoms with E-state index in [1.54, 1.807) is 7.11 Å². The van der Waals surface area contributed by atoms with Gasteiger partial charge in [-0.15, -0.1) is 0 Å².